The Hall–Kier alpha value is -2.89. The molecule has 0 radical (unpaired) electrons. The summed E-state index contributed by atoms with van der Waals surface area (Å²) >= 11 is 0. The van der Waals surface area contributed by atoms with E-state index in [1.807, 2.05) is 26.1 Å². The number of amides is 2. The molecule has 1 aromatic heterocycles. The number of hydrogen-bond acceptors (Lipinski definition) is 4. The maximum absolute atomic E-state index is 12.6. The van der Waals surface area contributed by atoms with Crippen molar-refractivity contribution in [1.82, 2.24) is 14.8 Å². The zero-order chi connectivity index (χ0) is 21.7. The minimum Gasteiger partial charge on any atom is -0.446 e. The highest BCUT2D eigenvalue weighted by molar-refractivity contribution is 5.72. The van der Waals surface area contributed by atoms with Crippen molar-refractivity contribution in [3.8, 4) is 11.1 Å². The minimum atomic E-state index is -0.257. The van der Waals surface area contributed by atoms with Gasteiger partial charge in [-0.15, -0.1) is 0 Å². The molecule has 1 aliphatic rings. The van der Waals surface area contributed by atoms with E-state index < -0.39 is 0 Å². The van der Waals surface area contributed by atoms with Crippen molar-refractivity contribution in [2.75, 3.05) is 20.1 Å². The molecule has 3 rings (SSSR count). The summed E-state index contributed by atoms with van der Waals surface area (Å²) in [5.41, 5.74) is 4.34. The Morgan fingerprint density at radius 2 is 2.00 bits per heavy atom. The van der Waals surface area contributed by atoms with Crippen molar-refractivity contribution in [2.24, 2.45) is 0 Å². The SMILES string of the molecule is CC(=O)N(C)CCCC1CCN(C(C)c2ccc(-c3ccnc(C)c3)cc2)C(=O)O1. The molecule has 160 valence electrons. The second-order valence-electron chi connectivity index (χ2n) is 8.05. The lowest BCUT2D eigenvalue weighted by Gasteiger charge is -2.36. The number of pyridine rings is 1. The van der Waals surface area contributed by atoms with E-state index in [9.17, 15) is 9.59 Å². The van der Waals surface area contributed by atoms with Gasteiger partial charge in [-0.2, -0.15) is 0 Å². The Balaban J connectivity index is 1.55. The zero-order valence-corrected chi connectivity index (χ0v) is 18.3. The van der Waals surface area contributed by atoms with Crippen LogP contribution in [0.1, 0.15) is 50.4 Å². The van der Waals surface area contributed by atoms with Crippen LogP contribution in [-0.2, 0) is 9.53 Å². The largest absolute Gasteiger partial charge is 0.446 e. The highest BCUT2D eigenvalue weighted by atomic mass is 16.6. The van der Waals surface area contributed by atoms with Crippen LogP contribution in [0.5, 0.6) is 0 Å². The second kappa shape index (κ2) is 9.74. The van der Waals surface area contributed by atoms with Crippen molar-refractivity contribution in [2.45, 2.75) is 52.2 Å². The molecule has 0 saturated carbocycles. The van der Waals surface area contributed by atoms with Gasteiger partial charge in [0.1, 0.15) is 6.10 Å². The van der Waals surface area contributed by atoms with Gasteiger partial charge in [0.05, 0.1) is 6.04 Å². The molecule has 2 heterocycles. The number of cyclic esters (lactones) is 1. The van der Waals surface area contributed by atoms with Crippen LogP contribution >= 0.6 is 0 Å². The van der Waals surface area contributed by atoms with Gasteiger partial charge in [0.2, 0.25) is 5.91 Å². The summed E-state index contributed by atoms with van der Waals surface area (Å²) < 4.78 is 5.67. The average molecular weight is 410 g/mol. The molecule has 0 aliphatic carbocycles. The first-order chi connectivity index (χ1) is 14.3. The van der Waals surface area contributed by atoms with Gasteiger partial charge in [-0.05, 0) is 55.5 Å². The zero-order valence-electron chi connectivity index (χ0n) is 18.3. The summed E-state index contributed by atoms with van der Waals surface area (Å²) in [7, 11) is 1.79. The molecule has 1 saturated heterocycles. The van der Waals surface area contributed by atoms with Crippen LogP contribution in [0.25, 0.3) is 11.1 Å². The number of hydrogen-bond donors (Lipinski definition) is 0. The Morgan fingerprint density at radius 1 is 1.27 bits per heavy atom. The molecule has 30 heavy (non-hydrogen) atoms. The number of ether oxygens (including phenoxy) is 1. The maximum Gasteiger partial charge on any atom is 0.410 e. The standard InChI is InChI=1S/C24H31N3O3/c1-17-16-22(11-13-25-17)21-9-7-20(8-10-21)18(2)27-15-12-23(30-24(27)29)6-5-14-26(4)19(3)28/h7-11,13,16,18,23H,5-6,12,14-15H2,1-4H3. The van der Waals surface area contributed by atoms with Crippen LogP contribution in [0.3, 0.4) is 0 Å². The van der Waals surface area contributed by atoms with Gasteiger partial charge < -0.3 is 14.5 Å². The molecule has 6 nitrogen and oxygen atoms in total. The van der Waals surface area contributed by atoms with Crippen molar-refractivity contribution in [3.05, 3.63) is 53.9 Å². The molecule has 6 heteroatoms. The monoisotopic (exact) mass is 409 g/mol. The maximum atomic E-state index is 12.6. The number of rotatable bonds is 7. The average Bonchev–Trinajstić information content (AvgIpc) is 2.73. The number of nitrogens with zero attached hydrogens (tertiary/aromatic N) is 3. The molecule has 1 fully saturated rings. The quantitative estimate of drug-likeness (QED) is 0.671. The Bertz CT molecular complexity index is 882. The van der Waals surface area contributed by atoms with Crippen molar-refractivity contribution >= 4 is 12.0 Å². The van der Waals surface area contributed by atoms with E-state index in [1.54, 1.807) is 23.8 Å². The number of aromatic nitrogens is 1. The van der Waals surface area contributed by atoms with Crippen LogP contribution in [0, 0.1) is 6.92 Å². The first-order valence-corrected chi connectivity index (χ1v) is 10.6. The highest BCUT2D eigenvalue weighted by Crippen LogP contribution is 2.28. The number of aryl methyl sites for hydroxylation is 1. The summed E-state index contributed by atoms with van der Waals surface area (Å²) in [5.74, 6) is 0.0562. The fraction of sp³-hybridized carbons (Fsp3) is 0.458. The summed E-state index contributed by atoms with van der Waals surface area (Å²) in [6, 6.07) is 12.3. The molecule has 2 atom stereocenters. The third-order valence-corrected chi connectivity index (χ3v) is 5.84. The molecule has 2 unspecified atom stereocenters. The smallest absolute Gasteiger partial charge is 0.410 e. The summed E-state index contributed by atoms with van der Waals surface area (Å²) in [6.45, 7) is 6.95. The van der Waals surface area contributed by atoms with Crippen molar-refractivity contribution < 1.29 is 14.3 Å². The van der Waals surface area contributed by atoms with Crippen molar-refractivity contribution in [1.29, 1.82) is 0 Å². The molecule has 0 N–H and O–H groups in total. The summed E-state index contributed by atoms with van der Waals surface area (Å²) in [6.07, 6.45) is 3.92. The summed E-state index contributed by atoms with van der Waals surface area (Å²) in [4.78, 5) is 31.6. The molecule has 0 bridgehead atoms. The first kappa shape index (κ1) is 21.8. The Labute approximate surface area is 178 Å². The predicted molar refractivity (Wildman–Crippen MR) is 117 cm³/mol. The van der Waals surface area contributed by atoms with Gasteiger partial charge in [0, 0.05) is 45.4 Å². The van der Waals surface area contributed by atoms with Crippen LogP contribution in [-0.4, -0.2) is 53.0 Å². The first-order valence-electron chi connectivity index (χ1n) is 10.6. The molecule has 0 spiro atoms. The molecule has 1 aromatic carbocycles. The lowest BCUT2D eigenvalue weighted by Crippen LogP contribution is -2.43. The second-order valence-corrected chi connectivity index (χ2v) is 8.05. The van der Waals surface area contributed by atoms with Crippen LogP contribution in [0.15, 0.2) is 42.6 Å². The van der Waals surface area contributed by atoms with Gasteiger partial charge in [0.25, 0.3) is 0 Å². The molecule has 1 aliphatic heterocycles. The predicted octanol–water partition coefficient (Wildman–Crippen LogP) is 4.59. The van der Waals surface area contributed by atoms with Crippen LogP contribution < -0.4 is 0 Å². The Kier molecular flexibility index (Phi) is 7.08. The Morgan fingerprint density at radius 3 is 2.63 bits per heavy atom. The third kappa shape index (κ3) is 5.38. The van der Waals surface area contributed by atoms with E-state index in [0.717, 1.165) is 41.6 Å². The fourth-order valence-electron chi connectivity index (χ4n) is 3.77. The number of carbonyl (C=O) groups is 2. The fourth-order valence-corrected chi connectivity index (χ4v) is 3.77. The van der Waals surface area contributed by atoms with Crippen LogP contribution in [0.2, 0.25) is 0 Å². The third-order valence-electron chi connectivity index (χ3n) is 5.84. The number of carbonyl (C=O) groups excluding carboxylic acids is 2. The van der Waals surface area contributed by atoms with E-state index in [-0.39, 0.29) is 24.1 Å². The van der Waals surface area contributed by atoms with E-state index >= 15 is 0 Å². The van der Waals surface area contributed by atoms with Crippen molar-refractivity contribution in [3.63, 3.8) is 0 Å². The van der Waals surface area contributed by atoms with E-state index in [1.165, 1.54) is 0 Å². The van der Waals surface area contributed by atoms with Crippen LogP contribution in [0.4, 0.5) is 4.79 Å². The molecular formula is C24H31N3O3. The van der Waals surface area contributed by atoms with E-state index in [4.69, 9.17) is 4.74 Å². The summed E-state index contributed by atoms with van der Waals surface area (Å²) in [5, 5.41) is 0. The normalized spacial score (nSPS) is 17.4. The van der Waals surface area contributed by atoms with Gasteiger partial charge in [-0.1, -0.05) is 24.3 Å². The number of benzene rings is 1. The highest BCUT2D eigenvalue weighted by Gasteiger charge is 2.30. The lowest BCUT2D eigenvalue weighted by molar-refractivity contribution is -0.127. The van der Waals surface area contributed by atoms with Gasteiger partial charge in [0.15, 0.2) is 0 Å². The van der Waals surface area contributed by atoms with Gasteiger partial charge in [-0.3, -0.25) is 9.78 Å². The topological polar surface area (TPSA) is 62.7 Å². The van der Waals surface area contributed by atoms with Gasteiger partial charge in [-0.25, -0.2) is 4.79 Å². The van der Waals surface area contributed by atoms with E-state index in [2.05, 4.69) is 35.3 Å². The van der Waals surface area contributed by atoms with E-state index in [0.29, 0.717) is 13.1 Å². The van der Waals surface area contributed by atoms with Gasteiger partial charge >= 0.3 is 6.09 Å². The minimum absolute atomic E-state index is 0.0458. The molecular weight excluding hydrogens is 378 g/mol. The molecule has 2 aromatic rings. The molecule has 2 amide bonds. The lowest BCUT2D eigenvalue weighted by atomic mass is 10.00.